The van der Waals surface area contributed by atoms with Gasteiger partial charge in [-0.25, -0.2) is 0 Å². The highest BCUT2D eigenvalue weighted by Crippen LogP contribution is 2.20. The molecule has 1 N–H and O–H groups in total. The minimum absolute atomic E-state index is 0.240. The molecule has 0 fully saturated rings. The van der Waals surface area contributed by atoms with Gasteiger partial charge >= 0.3 is 0 Å². The number of rotatable bonds is 3. The molecule has 0 unspecified atom stereocenters. The first-order valence-electron chi connectivity index (χ1n) is 2.22. The summed E-state index contributed by atoms with van der Waals surface area (Å²) < 4.78 is 9.82. The molecule has 50 valence electrons. The van der Waals surface area contributed by atoms with Gasteiger partial charge in [-0.3, -0.25) is 0 Å². The van der Waals surface area contributed by atoms with E-state index >= 15 is 0 Å². The molecule has 0 aromatic carbocycles. The molecule has 0 saturated heterocycles. The van der Waals surface area contributed by atoms with E-state index in [2.05, 4.69) is 5.32 Å². The van der Waals surface area contributed by atoms with Crippen molar-refractivity contribution >= 4 is 7.60 Å². The molecule has 0 amide bonds. The fraction of sp³-hybridized carbons (Fsp3) is 1.00. The van der Waals surface area contributed by atoms with E-state index in [1.165, 1.54) is 0 Å². The van der Waals surface area contributed by atoms with Crippen molar-refractivity contribution < 1.29 is 14.4 Å². The lowest BCUT2D eigenvalue weighted by atomic mass is 10.8. The van der Waals surface area contributed by atoms with Crippen LogP contribution in [0.3, 0.4) is 0 Å². The maximum absolute atomic E-state index is 9.82. The van der Waals surface area contributed by atoms with Crippen LogP contribution in [0.15, 0.2) is 0 Å². The Hall–Kier alpha value is 0.110. The molecule has 4 nitrogen and oxygen atoms in total. The van der Waals surface area contributed by atoms with E-state index in [-0.39, 0.29) is 12.7 Å². The second-order valence-electron chi connectivity index (χ2n) is 1.44. The maximum Gasteiger partial charge on any atom is -0.000578 e. The smallest absolute Gasteiger partial charge is 0.000578 e. The van der Waals surface area contributed by atoms with Gasteiger partial charge in [-0.2, -0.15) is 0 Å². The highest BCUT2D eigenvalue weighted by atomic mass is 31.2. The maximum atomic E-state index is 9.82. The lowest BCUT2D eigenvalue weighted by molar-refractivity contribution is -0.313. The number of nitrogens with one attached hydrogen (secondary N) is 1. The standard InChI is InChI=1S/C3H10NO3P/c1-4-2-3-8(5,6)7/h4H,2-3H2,1H3,(H2,5,6,7)/p-2. The summed E-state index contributed by atoms with van der Waals surface area (Å²) in [5.74, 6) is 0. The SMILES string of the molecule is CNCCP(=O)([O-])[O-]. The zero-order valence-corrected chi connectivity index (χ0v) is 5.48. The largest absolute Gasteiger partial charge is 0.811 e. The first kappa shape index (κ1) is 8.11. The number of hydrogen-bond acceptors (Lipinski definition) is 4. The van der Waals surface area contributed by atoms with Crippen LogP contribution in [-0.4, -0.2) is 19.8 Å². The molecule has 5 heteroatoms. The van der Waals surface area contributed by atoms with Crippen LogP contribution >= 0.6 is 7.60 Å². The van der Waals surface area contributed by atoms with Gasteiger partial charge in [0.05, 0.1) is 0 Å². The molecule has 0 aromatic heterocycles. The summed E-state index contributed by atoms with van der Waals surface area (Å²) in [5.41, 5.74) is 0. The van der Waals surface area contributed by atoms with Gasteiger partial charge in [0.2, 0.25) is 0 Å². The van der Waals surface area contributed by atoms with Gasteiger partial charge in [0.1, 0.15) is 0 Å². The Morgan fingerprint density at radius 3 is 2.25 bits per heavy atom. The van der Waals surface area contributed by atoms with Crippen molar-refractivity contribution in [2.24, 2.45) is 0 Å². The topological polar surface area (TPSA) is 75.2 Å². The summed E-state index contributed by atoms with van der Waals surface area (Å²) >= 11 is 0. The van der Waals surface area contributed by atoms with Crippen molar-refractivity contribution in [1.29, 1.82) is 0 Å². The summed E-state index contributed by atoms with van der Waals surface area (Å²) in [6.45, 7) is 0.240. The average Bonchev–Trinajstić information content (AvgIpc) is 1.59. The van der Waals surface area contributed by atoms with E-state index in [0.29, 0.717) is 0 Å². The van der Waals surface area contributed by atoms with Gasteiger partial charge in [-0.1, -0.05) is 7.60 Å². The van der Waals surface area contributed by atoms with Gasteiger partial charge in [0.25, 0.3) is 0 Å². The molecule has 0 radical (unpaired) electrons. The highest BCUT2D eigenvalue weighted by molar-refractivity contribution is 7.48. The molecular formula is C3H8NO3P-2. The molecule has 0 atom stereocenters. The fourth-order valence-electron chi connectivity index (χ4n) is 0.249. The predicted octanol–water partition coefficient (Wildman–Crippen LogP) is -1.88. The van der Waals surface area contributed by atoms with Gasteiger partial charge in [0.15, 0.2) is 0 Å². The van der Waals surface area contributed by atoms with E-state index in [1.807, 2.05) is 0 Å². The Labute approximate surface area is 48.1 Å². The van der Waals surface area contributed by atoms with Crippen molar-refractivity contribution in [1.82, 2.24) is 5.32 Å². The average molecular weight is 137 g/mol. The van der Waals surface area contributed by atoms with Crippen LogP contribution < -0.4 is 15.1 Å². The molecule has 0 aliphatic carbocycles. The fourth-order valence-corrected chi connectivity index (χ4v) is 0.746. The molecule has 0 heterocycles. The first-order valence-corrected chi connectivity index (χ1v) is 3.95. The molecule has 0 bridgehead atoms. The van der Waals surface area contributed by atoms with Gasteiger partial charge < -0.3 is 19.7 Å². The molecule has 0 aliphatic rings. The molecule has 0 aliphatic heterocycles. The lowest BCUT2D eigenvalue weighted by Gasteiger charge is -2.28. The van der Waals surface area contributed by atoms with E-state index in [1.54, 1.807) is 7.05 Å². The van der Waals surface area contributed by atoms with Crippen molar-refractivity contribution in [2.75, 3.05) is 19.8 Å². The van der Waals surface area contributed by atoms with Crippen LogP contribution in [0.4, 0.5) is 0 Å². The van der Waals surface area contributed by atoms with E-state index in [0.717, 1.165) is 0 Å². The second-order valence-corrected chi connectivity index (χ2v) is 3.11. The summed E-state index contributed by atoms with van der Waals surface area (Å²) in [7, 11) is -2.65. The van der Waals surface area contributed by atoms with Crippen LogP contribution in [-0.2, 0) is 4.57 Å². The highest BCUT2D eigenvalue weighted by Gasteiger charge is 1.86. The molecule has 8 heavy (non-hydrogen) atoms. The second kappa shape index (κ2) is 3.20. The normalized spacial score (nSPS) is 11.9. The van der Waals surface area contributed by atoms with Crippen LogP contribution in [0.1, 0.15) is 0 Å². The van der Waals surface area contributed by atoms with E-state index in [9.17, 15) is 14.4 Å². The third-order valence-corrected chi connectivity index (χ3v) is 1.41. The Morgan fingerprint density at radius 1 is 1.62 bits per heavy atom. The predicted molar refractivity (Wildman–Crippen MR) is 26.4 cm³/mol. The Bertz CT molecular complexity index is 98.7. The van der Waals surface area contributed by atoms with Crippen LogP contribution in [0.5, 0.6) is 0 Å². The van der Waals surface area contributed by atoms with Crippen molar-refractivity contribution in [3.8, 4) is 0 Å². The van der Waals surface area contributed by atoms with Crippen molar-refractivity contribution in [2.45, 2.75) is 0 Å². The third kappa shape index (κ3) is 6.11. The Kier molecular flexibility index (Phi) is 3.24. The zero-order valence-electron chi connectivity index (χ0n) is 4.59. The molecule has 0 spiro atoms. The zero-order chi connectivity index (χ0) is 6.62. The minimum atomic E-state index is -4.24. The monoisotopic (exact) mass is 137 g/mol. The minimum Gasteiger partial charge on any atom is -0.811 e. The van der Waals surface area contributed by atoms with Gasteiger partial charge in [-0.05, 0) is 19.8 Å². The van der Waals surface area contributed by atoms with Crippen LogP contribution in [0.25, 0.3) is 0 Å². The first-order chi connectivity index (χ1) is 3.56. The van der Waals surface area contributed by atoms with Gasteiger partial charge in [-0.15, -0.1) is 0 Å². The summed E-state index contributed by atoms with van der Waals surface area (Å²) in [5, 5.41) is 2.55. The van der Waals surface area contributed by atoms with Gasteiger partial charge in [0, 0.05) is 0 Å². The Morgan fingerprint density at radius 2 is 2.12 bits per heavy atom. The Balaban J connectivity index is 3.26. The molecular weight excluding hydrogens is 129 g/mol. The third-order valence-electron chi connectivity index (χ3n) is 0.636. The van der Waals surface area contributed by atoms with E-state index in [4.69, 9.17) is 0 Å². The van der Waals surface area contributed by atoms with Crippen molar-refractivity contribution in [3.63, 3.8) is 0 Å². The summed E-state index contributed by atoms with van der Waals surface area (Å²) in [6, 6.07) is 0. The van der Waals surface area contributed by atoms with Crippen molar-refractivity contribution in [3.05, 3.63) is 0 Å². The molecule has 0 aromatic rings. The van der Waals surface area contributed by atoms with E-state index < -0.39 is 7.60 Å². The number of hydrogen-bond donors (Lipinski definition) is 1. The molecule has 0 rings (SSSR count). The quantitative estimate of drug-likeness (QED) is 0.462. The van der Waals surface area contributed by atoms with Crippen LogP contribution in [0.2, 0.25) is 0 Å². The molecule has 0 saturated carbocycles. The summed E-state index contributed by atoms with van der Waals surface area (Å²) in [6.07, 6.45) is -0.302. The lowest BCUT2D eigenvalue weighted by Crippen LogP contribution is -2.23. The van der Waals surface area contributed by atoms with Crippen LogP contribution in [0, 0.1) is 0 Å². The summed E-state index contributed by atoms with van der Waals surface area (Å²) in [4.78, 5) is 19.6.